The number of carbonyl (C=O) groups is 1. The molecule has 0 aliphatic heterocycles. The van der Waals surface area contributed by atoms with E-state index in [2.05, 4.69) is 10.3 Å². The van der Waals surface area contributed by atoms with Crippen molar-refractivity contribution in [1.82, 2.24) is 10.3 Å². The van der Waals surface area contributed by atoms with Crippen molar-refractivity contribution in [2.45, 2.75) is 19.4 Å². The van der Waals surface area contributed by atoms with E-state index in [1.54, 1.807) is 26.0 Å². The Morgan fingerprint density at radius 1 is 1.42 bits per heavy atom. The summed E-state index contributed by atoms with van der Waals surface area (Å²) < 4.78 is 13.0. The van der Waals surface area contributed by atoms with Crippen LogP contribution in [0.1, 0.15) is 24.2 Å². The van der Waals surface area contributed by atoms with Gasteiger partial charge >= 0.3 is 0 Å². The van der Waals surface area contributed by atoms with Crippen molar-refractivity contribution in [2.75, 3.05) is 6.61 Å². The average Bonchev–Trinajstić information content (AvgIpc) is 2.37. The number of aromatic nitrogens is 1. The van der Waals surface area contributed by atoms with Gasteiger partial charge in [-0.15, -0.1) is 0 Å². The van der Waals surface area contributed by atoms with Gasteiger partial charge in [-0.1, -0.05) is 0 Å². The molecule has 19 heavy (non-hydrogen) atoms. The number of benzene rings is 1. The molecule has 1 aromatic heterocycles. The van der Waals surface area contributed by atoms with E-state index in [9.17, 15) is 9.18 Å². The van der Waals surface area contributed by atoms with Crippen molar-refractivity contribution in [2.24, 2.45) is 0 Å². The van der Waals surface area contributed by atoms with Gasteiger partial charge in [0.2, 0.25) is 0 Å². The second kappa shape index (κ2) is 4.93. The number of pyridine rings is 1. The van der Waals surface area contributed by atoms with Gasteiger partial charge in [0.25, 0.3) is 5.91 Å². The number of carbonyl (C=O) groups excluding carboxylic acids is 1. The van der Waals surface area contributed by atoms with Crippen LogP contribution in [-0.2, 0) is 0 Å². The summed E-state index contributed by atoms with van der Waals surface area (Å²) in [6.07, 6.45) is 1.39. The molecule has 0 atom stereocenters. The summed E-state index contributed by atoms with van der Waals surface area (Å²) >= 11 is 0. The molecule has 1 amide bonds. The van der Waals surface area contributed by atoms with Crippen LogP contribution in [0.2, 0.25) is 0 Å². The molecule has 2 aromatic rings. The number of aliphatic hydroxyl groups is 1. The Bertz CT molecular complexity index is 626. The minimum absolute atomic E-state index is 0.162. The quantitative estimate of drug-likeness (QED) is 0.887. The maximum Gasteiger partial charge on any atom is 0.253 e. The van der Waals surface area contributed by atoms with Gasteiger partial charge in [-0.05, 0) is 32.0 Å². The van der Waals surface area contributed by atoms with E-state index in [4.69, 9.17) is 5.11 Å². The first-order chi connectivity index (χ1) is 8.91. The summed E-state index contributed by atoms with van der Waals surface area (Å²) in [5, 5.41) is 12.5. The highest BCUT2D eigenvalue weighted by molar-refractivity contribution is 5.97. The highest BCUT2D eigenvalue weighted by Crippen LogP contribution is 2.15. The summed E-state index contributed by atoms with van der Waals surface area (Å²) in [7, 11) is 0. The fraction of sp³-hybridized carbons (Fsp3) is 0.286. The molecule has 0 spiro atoms. The molecule has 0 saturated heterocycles. The number of hydrogen-bond acceptors (Lipinski definition) is 3. The van der Waals surface area contributed by atoms with Crippen LogP contribution < -0.4 is 5.32 Å². The van der Waals surface area contributed by atoms with Crippen molar-refractivity contribution in [1.29, 1.82) is 0 Å². The minimum Gasteiger partial charge on any atom is -0.394 e. The Morgan fingerprint density at radius 3 is 2.84 bits per heavy atom. The van der Waals surface area contributed by atoms with Gasteiger partial charge in [0.15, 0.2) is 0 Å². The fourth-order valence-corrected chi connectivity index (χ4v) is 1.64. The molecule has 2 rings (SSSR count). The monoisotopic (exact) mass is 262 g/mol. The smallest absolute Gasteiger partial charge is 0.253 e. The van der Waals surface area contributed by atoms with E-state index in [0.29, 0.717) is 16.5 Å². The van der Waals surface area contributed by atoms with Crippen LogP contribution in [-0.4, -0.2) is 28.1 Å². The lowest BCUT2D eigenvalue weighted by Gasteiger charge is -2.23. The molecule has 0 unspecified atom stereocenters. The van der Waals surface area contributed by atoms with Crippen molar-refractivity contribution in [3.8, 4) is 0 Å². The minimum atomic E-state index is -0.700. The maximum absolute atomic E-state index is 13.0. The number of nitrogens with one attached hydrogen (secondary N) is 1. The summed E-state index contributed by atoms with van der Waals surface area (Å²) in [5.41, 5.74) is 0.174. The van der Waals surface area contributed by atoms with E-state index in [1.165, 1.54) is 18.3 Å². The van der Waals surface area contributed by atoms with Crippen LogP contribution in [0.3, 0.4) is 0 Å². The Hall–Kier alpha value is -2.01. The number of halogens is 1. The second-order valence-electron chi connectivity index (χ2n) is 5.06. The standard InChI is InChI=1S/C14H15FN2O2/c1-14(2,8-18)17-13(19)10-5-9-3-4-11(15)6-12(9)16-7-10/h3-7,18H,8H2,1-2H3,(H,17,19). The molecule has 100 valence electrons. The van der Waals surface area contributed by atoms with Gasteiger partial charge in [-0.25, -0.2) is 4.39 Å². The largest absolute Gasteiger partial charge is 0.394 e. The van der Waals surface area contributed by atoms with Crippen molar-refractivity contribution < 1.29 is 14.3 Å². The normalized spacial score (nSPS) is 11.6. The molecule has 0 radical (unpaired) electrons. The van der Waals surface area contributed by atoms with Crippen LogP contribution >= 0.6 is 0 Å². The van der Waals surface area contributed by atoms with E-state index in [-0.39, 0.29) is 18.3 Å². The van der Waals surface area contributed by atoms with E-state index < -0.39 is 5.54 Å². The zero-order chi connectivity index (χ0) is 14.0. The molecule has 1 aromatic carbocycles. The summed E-state index contributed by atoms with van der Waals surface area (Å²) in [6.45, 7) is 3.27. The lowest BCUT2D eigenvalue weighted by atomic mass is 10.1. The van der Waals surface area contributed by atoms with E-state index in [0.717, 1.165) is 0 Å². The van der Waals surface area contributed by atoms with Crippen molar-refractivity contribution >= 4 is 16.8 Å². The molecule has 2 N–H and O–H groups in total. The molecule has 0 bridgehead atoms. The molecule has 4 nitrogen and oxygen atoms in total. The second-order valence-corrected chi connectivity index (χ2v) is 5.06. The van der Waals surface area contributed by atoms with Gasteiger partial charge in [0, 0.05) is 17.6 Å². The third-order valence-electron chi connectivity index (χ3n) is 2.76. The predicted molar refractivity (Wildman–Crippen MR) is 70.3 cm³/mol. The van der Waals surface area contributed by atoms with Gasteiger partial charge in [0.05, 0.1) is 23.2 Å². The van der Waals surface area contributed by atoms with Crippen LogP contribution in [0.4, 0.5) is 4.39 Å². The molecule has 0 aliphatic rings. The third-order valence-corrected chi connectivity index (χ3v) is 2.76. The Morgan fingerprint density at radius 2 is 2.16 bits per heavy atom. The van der Waals surface area contributed by atoms with Gasteiger partial charge in [0.1, 0.15) is 5.82 Å². The van der Waals surface area contributed by atoms with E-state index >= 15 is 0 Å². The highest BCUT2D eigenvalue weighted by Gasteiger charge is 2.20. The number of aliphatic hydroxyl groups excluding tert-OH is 1. The molecular formula is C14H15FN2O2. The van der Waals surface area contributed by atoms with Crippen LogP contribution in [0.25, 0.3) is 10.9 Å². The van der Waals surface area contributed by atoms with Gasteiger partial charge < -0.3 is 10.4 Å². The molecule has 1 heterocycles. The predicted octanol–water partition coefficient (Wildman–Crippen LogP) is 1.87. The first-order valence-corrected chi connectivity index (χ1v) is 5.90. The average molecular weight is 262 g/mol. The summed E-state index contributed by atoms with van der Waals surface area (Å²) in [6, 6.07) is 5.86. The summed E-state index contributed by atoms with van der Waals surface area (Å²) in [4.78, 5) is 16.0. The Labute approximate surface area is 110 Å². The number of fused-ring (bicyclic) bond motifs is 1. The SMILES string of the molecule is CC(C)(CO)NC(=O)c1cnc2cc(F)ccc2c1. The highest BCUT2D eigenvalue weighted by atomic mass is 19.1. The molecule has 5 heteroatoms. The van der Waals surface area contributed by atoms with Crippen LogP contribution in [0, 0.1) is 5.82 Å². The molecule has 0 aliphatic carbocycles. The first-order valence-electron chi connectivity index (χ1n) is 5.90. The van der Waals surface area contributed by atoms with Crippen molar-refractivity contribution in [3.05, 3.63) is 41.8 Å². The molecule has 0 fully saturated rings. The Balaban J connectivity index is 2.31. The number of amides is 1. The van der Waals surface area contributed by atoms with Crippen LogP contribution in [0.5, 0.6) is 0 Å². The molecular weight excluding hydrogens is 247 g/mol. The zero-order valence-corrected chi connectivity index (χ0v) is 10.8. The van der Waals surface area contributed by atoms with Crippen molar-refractivity contribution in [3.63, 3.8) is 0 Å². The number of rotatable bonds is 3. The number of hydrogen-bond donors (Lipinski definition) is 2. The summed E-state index contributed by atoms with van der Waals surface area (Å²) in [5.74, 6) is -0.684. The number of nitrogens with zero attached hydrogens (tertiary/aromatic N) is 1. The van der Waals surface area contributed by atoms with Gasteiger partial charge in [-0.2, -0.15) is 0 Å². The Kier molecular flexibility index (Phi) is 3.48. The fourth-order valence-electron chi connectivity index (χ4n) is 1.64. The van der Waals surface area contributed by atoms with Crippen LogP contribution in [0.15, 0.2) is 30.5 Å². The molecule has 0 saturated carbocycles. The zero-order valence-electron chi connectivity index (χ0n) is 10.8. The van der Waals surface area contributed by atoms with E-state index in [1.807, 2.05) is 0 Å². The lowest BCUT2D eigenvalue weighted by Crippen LogP contribution is -2.46. The third kappa shape index (κ3) is 3.06. The topological polar surface area (TPSA) is 62.2 Å². The lowest BCUT2D eigenvalue weighted by molar-refractivity contribution is 0.0869. The maximum atomic E-state index is 13.0. The first kappa shape index (κ1) is 13.4. The van der Waals surface area contributed by atoms with Gasteiger partial charge in [-0.3, -0.25) is 9.78 Å².